The highest BCUT2D eigenvalue weighted by atomic mass is 14.7. The van der Waals surface area contributed by atoms with Crippen molar-refractivity contribution in [2.75, 3.05) is 0 Å². The molecular weight excluding hydrogens is 218 g/mol. The van der Waals surface area contributed by atoms with Crippen molar-refractivity contribution in [3.63, 3.8) is 0 Å². The van der Waals surface area contributed by atoms with Crippen LogP contribution in [0.1, 0.15) is 62.5 Å². The Kier molecular flexibility index (Phi) is 3.40. The van der Waals surface area contributed by atoms with Crippen LogP contribution in [0, 0.1) is 0 Å². The molecule has 1 nitrogen and oxygen atoms in total. The van der Waals surface area contributed by atoms with Gasteiger partial charge >= 0.3 is 0 Å². The summed E-state index contributed by atoms with van der Waals surface area (Å²) in [5.41, 5.74) is 4.36. The summed E-state index contributed by atoms with van der Waals surface area (Å²) in [4.78, 5) is 3.40. The average molecular weight is 241 g/mol. The van der Waals surface area contributed by atoms with Gasteiger partial charge in [0.15, 0.2) is 0 Å². The van der Waals surface area contributed by atoms with E-state index in [9.17, 15) is 0 Å². The standard InChI is InChI=1S/C17H23N/c1-2-6-15-12-18-17-10-9-14(11-16(15)17)13-7-4-3-5-8-13/h9-13,18H,2-8H2,1H3. The molecule has 0 saturated heterocycles. The van der Waals surface area contributed by atoms with Crippen LogP contribution in [-0.4, -0.2) is 4.98 Å². The van der Waals surface area contributed by atoms with E-state index in [-0.39, 0.29) is 0 Å². The van der Waals surface area contributed by atoms with Crippen LogP contribution in [0.25, 0.3) is 10.9 Å². The van der Waals surface area contributed by atoms with Crippen molar-refractivity contribution in [3.05, 3.63) is 35.5 Å². The third-order valence-corrected chi connectivity index (χ3v) is 4.39. The SMILES string of the molecule is CCCc1c[nH]c2ccc(C3CCCCC3)cc12. The van der Waals surface area contributed by atoms with Crippen LogP contribution in [0.2, 0.25) is 0 Å². The molecule has 1 fully saturated rings. The van der Waals surface area contributed by atoms with Crippen LogP contribution in [-0.2, 0) is 6.42 Å². The van der Waals surface area contributed by atoms with Crippen LogP contribution in [0.5, 0.6) is 0 Å². The van der Waals surface area contributed by atoms with Crippen LogP contribution in [0.4, 0.5) is 0 Å². The third kappa shape index (κ3) is 2.19. The van der Waals surface area contributed by atoms with Gasteiger partial charge in [0.1, 0.15) is 0 Å². The summed E-state index contributed by atoms with van der Waals surface area (Å²) in [6, 6.07) is 7.07. The van der Waals surface area contributed by atoms with E-state index < -0.39 is 0 Å². The molecule has 2 aromatic rings. The molecule has 1 aromatic heterocycles. The van der Waals surface area contributed by atoms with Gasteiger partial charge in [-0.1, -0.05) is 38.7 Å². The minimum absolute atomic E-state index is 0.813. The van der Waals surface area contributed by atoms with E-state index in [0.717, 1.165) is 5.92 Å². The fourth-order valence-electron chi connectivity index (χ4n) is 3.36. The molecule has 0 bridgehead atoms. The molecular formula is C17H23N. The van der Waals surface area contributed by atoms with Gasteiger partial charge in [0, 0.05) is 17.1 Å². The van der Waals surface area contributed by atoms with Gasteiger partial charge in [-0.05, 0) is 48.4 Å². The smallest absolute Gasteiger partial charge is 0.0456 e. The predicted molar refractivity (Wildman–Crippen MR) is 78.1 cm³/mol. The lowest BCUT2D eigenvalue weighted by Crippen LogP contribution is -2.04. The third-order valence-electron chi connectivity index (χ3n) is 4.39. The topological polar surface area (TPSA) is 15.8 Å². The molecule has 0 radical (unpaired) electrons. The van der Waals surface area contributed by atoms with Gasteiger partial charge in [-0.2, -0.15) is 0 Å². The summed E-state index contributed by atoms with van der Waals surface area (Å²) in [5.74, 6) is 0.813. The maximum absolute atomic E-state index is 3.40. The highest BCUT2D eigenvalue weighted by Crippen LogP contribution is 2.34. The molecule has 0 unspecified atom stereocenters. The van der Waals surface area contributed by atoms with Crippen molar-refractivity contribution in [1.82, 2.24) is 4.98 Å². The Bertz CT molecular complexity index is 517. The Balaban J connectivity index is 1.95. The largest absolute Gasteiger partial charge is 0.361 e. The molecule has 0 spiro atoms. The van der Waals surface area contributed by atoms with Gasteiger partial charge < -0.3 is 4.98 Å². The summed E-state index contributed by atoms with van der Waals surface area (Å²) < 4.78 is 0. The average Bonchev–Trinajstić information content (AvgIpc) is 2.83. The van der Waals surface area contributed by atoms with E-state index in [0.29, 0.717) is 0 Å². The molecule has 18 heavy (non-hydrogen) atoms. The van der Waals surface area contributed by atoms with E-state index in [4.69, 9.17) is 0 Å². The van der Waals surface area contributed by atoms with E-state index in [1.165, 1.54) is 61.4 Å². The summed E-state index contributed by atoms with van der Waals surface area (Å²) in [7, 11) is 0. The lowest BCUT2D eigenvalue weighted by molar-refractivity contribution is 0.444. The highest BCUT2D eigenvalue weighted by Gasteiger charge is 2.16. The Hall–Kier alpha value is -1.24. The summed E-state index contributed by atoms with van der Waals surface area (Å²) >= 11 is 0. The fourth-order valence-corrected chi connectivity index (χ4v) is 3.36. The van der Waals surface area contributed by atoms with Crippen molar-refractivity contribution < 1.29 is 0 Å². The Morgan fingerprint density at radius 3 is 2.78 bits per heavy atom. The molecule has 0 aliphatic heterocycles. The van der Waals surface area contributed by atoms with E-state index in [1.54, 1.807) is 5.56 Å². The normalized spacial score (nSPS) is 17.4. The van der Waals surface area contributed by atoms with Crippen molar-refractivity contribution in [3.8, 4) is 0 Å². The summed E-state index contributed by atoms with van der Waals surface area (Å²) in [6.07, 6.45) is 11.6. The second-order valence-electron chi connectivity index (χ2n) is 5.70. The van der Waals surface area contributed by atoms with E-state index >= 15 is 0 Å². The Morgan fingerprint density at radius 1 is 1.17 bits per heavy atom. The van der Waals surface area contributed by atoms with E-state index in [2.05, 4.69) is 36.3 Å². The van der Waals surface area contributed by atoms with E-state index in [1.807, 2.05) is 0 Å². The first-order chi connectivity index (χ1) is 8.88. The lowest BCUT2D eigenvalue weighted by Gasteiger charge is -2.22. The Morgan fingerprint density at radius 2 is 2.00 bits per heavy atom. The van der Waals surface area contributed by atoms with Crippen molar-refractivity contribution in [1.29, 1.82) is 0 Å². The van der Waals surface area contributed by atoms with Gasteiger partial charge in [0.05, 0.1) is 0 Å². The molecule has 1 N–H and O–H groups in total. The quantitative estimate of drug-likeness (QED) is 0.763. The summed E-state index contributed by atoms with van der Waals surface area (Å²) in [6.45, 7) is 2.25. The molecule has 1 aliphatic carbocycles. The first kappa shape index (κ1) is 11.8. The number of benzene rings is 1. The van der Waals surface area contributed by atoms with Crippen molar-refractivity contribution in [2.45, 2.75) is 57.8 Å². The molecule has 3 rings (SSSR count). The zero-order valence-electron chi connectivity index (χ0n) is 11.3. The highest BCUT2D eigenvalue weighted by molar-refractivity contribution is 5.84. The number of hydrogen-bond acceptors (Lipinski definition) is 0. The lowest BCUT2D eigenvalue weighted by atomic mass is 9.83. The molecule has 0 amide bonds. The molecule has 1 heteroatoms. The van der Waals surface area contributed by atoms with Crippen molar-refractivity contribution in [2.24, 2.45) is 0 Å². The number of hydrogen-bond donors (Lipinski definition) is 1. The number of fused-ring (bicyclic) bond motifs is 1. The number of rotatable bonds is 3. The van der Waals surface area contributed by atoms with Gasteiger partial charge in [-0.25, -0.2) is 0 Å². The second-order valence-corrected chi connectivity index (χ2v) is 5.70. The maximum atomic E-state index is 3.40. The number of nitrogens with one attached hydrogen (secondary N) is 1. The van der Waals surface area contributed by atoms with Gasteiger partial charge in [0.25, 0.3) is 0 Å². The zero-order valence-corrected chi connectivity index (χ0v) is 11.3. The molecule has 96 valence electrons. The van der Waals surface area contributed by atoms with Crippen LogP contribution >= 0.6 is 0 Å². The molecule has 1 saturated carbocycles. The van der Waals surface area contributed by atoms with Gasteiger partial charge in [-0.3, -0.25) is 0 Å². The first-order valence-electron chi connectivity index (χ1n) is 7.48. The molecule has 1 heterocycles. The predicted octanol–water partition coefficient (Wildman–Crippen LogP) is 5.17. The van der Waals surface area contributed by atoms with Crippen LogP contribution < -0.4 is 0 Å². The Labute approximate surface area is 110 Å². The molecule has 1 aromatic carbocycles. The van der Waals surface area contributed by atoms with Crippen LogP contribution in [0.3, 0.4) is 0 Å². The van der Waals surface area contributed by atoms with Crippen molar-refractivity contribution >= 4 is 10.9 Å². The molecule has 0 atom stereocenters. The maximum Gasteiger partial charge on any atom is 0.0456 e. The minimum Gasteiger partial charge on any atom is -0.361 e. The zero-order chi connectivity index (χ0) is 12.4. The van der Waals surface area contributed by atoms with Gasteiger partial charge in [0.2, 0.25) is 0 Å². The number of aromatic nitrogens is 1. The number of aryl methyl sites for hydroxylation is 1. The first-order valence-corrected chi connectivity index (χ1v) is 7.48. The fraction of sp³-hybridized carbons (Fsp3) is 0.529. The summed E-state index contributed by atoms with van der Waals surface area (Å²) in [5, 5.41) is 1.46. The molecule has 1 aliphatic rings. The number of aromatic amines is 1. The van der Waals surface area contributed by atoms with Crippen LogP contribution in [0.15, 0.2) is 24.4 Å². The minimum atomic E-state index is 0.813. The monoisotopic (exact) mass is 241 g/mol. The van der Waals surface area contributed by atoms with Gasteiger partial charge in [-0.15, -0.1) is 0 Å². The second kappa shape index (κ2) is 5.17. The number of H-pyrrole nitrogens is 1.